The van der Waals surface area contributed by atoms with Crippen LogP contribution in [0.1, 0.15) is 11.1 Å². The van der Waals surface area contributed by atoms with E-state index in [0.29, 0.717) is 0 Å². The van der Waals surface area contributed by atoms with E-state index in [2.05, 4.69) is 17.1 Å². The first-order valence-corrected chi connectivity index (χ1v) is 3.43. The molecular formula is C9H8N. The van der Waals surface area contributed by atoms with E-state index in [9.17, 15) is 0 Å². The van der Waals surface area contributed by atoms with Crippen LogP contribution in [0.2, 0.25) is 0 Å². The molecule has 1 nitrogen and oxygen atoms in total. The first kappa shape index (κ1) is 5.66. The minimum atomic E-state index is 0.816. The van der Waals surface area contributed by atoms with E-state index in [1.807, 2.05) is 18.3 Å². The molecule has 1 heteroatoms. The van der Waals surface area contributed by atoms with Crippen molar-refractivity contribution in [1.82, 2.24) is 0 Å². The molecule has 1 aliphatic rings. The summed E-state index contributed by atoms with van der Waals surface area (Å²) in [5, 5.41) is 0. The van der Waals surface area contributed by atoms with Crippen molar-refractivity contribution in [2.45, 2.75) is 13.0 Å². The van der Waals surface area contributed by atoms with Crippen molar-refractivity contribution in [3.05, 3.63) is 35.4 Å². The molecule has 0 aromatic heterocycles. The molecule has 1 aromatic carbocycles. The minimum absolute atomic E-state index is 0.816. The molecule has 1 heterocycles. The van der Waals surface area contributed by atoms with Gasteiger partial charge >= 0.3 is 0 Å². The molecule has 0 unspecified atom stereocenters. The van der Waals surface area contributed by atoms with Crippen molar-refractivity contribution in [1.29, 1.82) is 0 Å². The molecule has 1 aromatic rings. The van der Waals surface area contributed by atoms with Crippen LogP contribution in [-0.2, 0) is 13.0 Å². The summed E-state index contributed by atoms with van der Waals surface area (Å²) < 4.78 is 0. The van der Waals surface area contributed by atoms with Gasteiger partial charge in [0, 0.05) is 12.6 Å². The van der Waals surface area contributed by atoms with Gasteiger partial charge in [-0.2, -0.15) is 0 Å². The largest absolute Gasteiger partial charge is 0.292 e. The summed E-state index contributed by atoms with van der Waals surface area (Å²) in [7, 11) is 0. The Morgan fingerprint density at radius 1 is 1.50 bits per heavy atom. The van der Waals surface area contributed by atoms with Crippen LogP contribution in [0.25, 0.3) is 0 Å². The topological polar surface area (TPSA) is 12.4 Å². The van der Waals surface area contributed by atoms with Gasteiger partial charge in [-0.05, 0) is 17.2 Å². The Hall–Kier alpha value is -1.11. The Morgan fingerprint density at radius 3 is 3.40 bits per heavy atom. The van der Waals surface area contributed by atoms with Crippen molar-refractivity contribution in [3.63, 3.8) is 0 Å². The molecule has 1 radical (unpaired) electrons. The van der Waals surface area contributed by atoms with Gasteiger partial charge < -0.3 is 0 Å². The SMILES string of the molecule is [c]1cccc2c1CN=CC2. The lowest BCUT2D eigenvalue weighted by Crippen LogP contribution is -1.99. The second kappa shape index (κ2) is 2.25. The van der Waals surface area contributed by atoms with Gasteiger partial charge in [0.2, 0.25) is 0 Å². The summed E-state index contributed by atoms with van der Waals surface area (Å²) in [6, 6.07) is 9.28. The van der Waals surface area contributed by atoms with E-state index in [1.54, 1.807) is 0 Å². The summed E-state index contributed by atoms with van der Waals surface area (Å²) in [6.45, 7) is 0.816. The van der Waals surface area contributed by atoms with E-state index < -0.39 is 0 Å². The lowest BCUT2D eigenvalue weighted by Gasteiger charge is -2.07. The highest BCUT2D eigenvalue weighted by molar-refractivity contribution is 5.64. The third kappa shape index (κ3) is 0.838. The molecule has 0 amide bonds. The van der Waals surface area contributed by atoms with Gasteiger partial charge in [0.1, 0.15) is 0 Å². The Balaban J connectivity index is 2.47. The van der Waals surface area contributed by atoms with Crippen LogP contribution >= 0.6 is 0 Å². The fraction of sp³-hybridized carbons (Fsp3) is 0.222. The molecular weight excluding hydrogens is 122 g/mol. The normalized spacial score (nSPS) is 14.8. The first-order chi connectivity index (χ1) is 4.97. The van der Waals surface area contributed by atoms with Crippen LogP contribution in [0, 0.1) is 6.07 Å². The van der Waals surface area contributed by atoms with Gasteiger partial charge in [0.25, 0.3) is 0 Å². The highest BCUT2D eigenvalue weighted by Gasteiger charge is 2.02. The monoisotopic (exact) mass is 130 g/mol. The Bertz CT molecular complexity index is 236. The van der Waals surface area contributed by atoms with Crippen LogP contribution in [0.4, 0.5) is 0 Å². The number of nitrogens with zero attached hydrogens (tertiary/aromatic N) is 1. The summed E-state index contributed by atoms with van der Waals surface area (Å²) in [4.78, 5) is 4.16. The molecule has 0 atom stereocenters. The summed E-state index contributed by atoms with van der Waals surface area (Å²) in [6.07, 6.45) is 2.95. The van der Waals surface area contributed by atoms with Gasteiger partial charge in [0.05, 0.1) is 6.54 Å². The van der Waals surface area contributed by atoms with Crippen LogP contribution in [0.5, 0.6) is 0 Å². The third-order valence-electron chi connectivity index (χ3n) is 1.73. The van der Waals surface area contributed by atoms with Crippen molar-refractivity contribution < 1.29 is 0 Å². The van der Waals surface area contributed by atoms with Crippen LogP contribution in [0.15, 0.2) is 23.2 Å². The van der Waals surface area contributed by atoms with E-state index in [4.69, 9.17) is 0 Å². The molecule has 2 rings (SSSR count). The number of rotatable bonds is 0. The molecule has 49 valence electrons. The average molecular weight is 130 g/mol. The number of benzene rings is 1. The smallest absolute Gasteiger partial charge is 0.0644 e. The maximum Gasteiger partial charge on any atom is 0.0644 e. The van der Waals surface area contributed by atoms with Gasteiger partial charge in [-0.3, -0.25) is 4.99 Å². The summed E-state index contributed by atoms with van der Waals surface area (Å²) in [5.41, 5.74) is 2.63. The zero-order chi connectivity index (χ0) is 6.81. The second-order valence-corrected chi connectivity index (χ2v) is 2.40. The average Bonchev–Trinajstić information content (AvgIpc) is 2.05. The van der Waals surface area contributed by atoms with Crippen molar-refractivity contribution in [3.8, 4) is 0 Å². The van der Waals surface area contributed by atoms with E-state index in [-0.39, 0.29) is 0 Å². The Kier molecular flexibility index (Phi) is 1.28. The minimum Gasteiger partial charge on any atom is -0.292 e. The number of hydrogen-bond donors (Lipinski definition) is 0. The molecule has 0 fully saturated rings. The van der Waals surface area contributed by atoms with Crippen molar-refractivity contribution >= 4 is 6.21 Å². The van der Waals surface area contributed by atoms with Crippen molar-refractivity contribution in [2.24, 2.45) is 4.99 Å². The van der Waals surface area contributed by atoms with Gasteiger partial charge in [-0.1, -0.05) is 18.2 Å². The van der Waals surface area contributed by atoms with Crippen molar-refractivity contribution in [2.75, 3.05) is 0 Å². The lowest BCUT2D eigenvalue weighted by atomic mass is 10.0. The molecule has 0 aliphatic carbocycles. The Labute approximate surface area is 60.4 Å². The zero-order valence-corrected chi connectivity index (χ0v) is 5.67. The first-order valence-electron chi connectivity index (χ1n) is 3.43. The van der Waals surface area contributed by atoms with Crippen LogP contribution in [0.3, 0.4) is 0 Å². The molecule has 0 bridgehead atoms. The predicted molar refractivity (Wildman–Crippen MR) is 41.2 cm³/mol. The van der Waals surface area contributed by atoms with E-state index in [1.165, 1.54) is 11.1 Å². The van der Waals surface area contributed by atoms with Gasteiger partial charge in [-0.25, -0.2) is 0 Å². The summed E-state index contributed by atoms with van der Waals surface area (Å²) in [5.74, 6) is 0. The Morgan fingerprint density at radius 2 is 2.50 bits per heavy atom. The molecule has 0 saturated heterocycles. The number of hydrogen-bond acceptors (Lipinski definition) is 1. The summed E-state index contributed by atoms with van der Waals surface area (Å²) >= 11 is 0. The zero-order valence-electron chi connectivity index (χ0n) is 5.67. The van der Waals surface area contributed by atoms with Gasteiger partial charge in [-0.15, -0.1) is 0 Å². The molecule has 0 spiro atoms. The second-order valence-electron chi connectivity index (χ2n) is 2.40. The highest BCUT2D eigenvalue weighted by atomic mass is 14.7. The standard InChI is InChI=1S/C9H8N/c1-2-4-9-7-10-6-5-8(9)3-1/h1-3,6H,5,7H2. The third-order valence-corrected chi connectivity index (χ3v) is 1.73. The quantitative estimate of drug-likeness (QED) is 0.506. The molecule has 0 N–H and O–H groups in total. The number of aliphatic imine (C=N–C) groups is 1. The van der Waals surface area contributed by atoms with E-state index in [0.717, 1.165) is 13.0 Å². The number of fused-ring (bicyclic) bond motifs is 1. The maximum absolute atomic E-state index is 4.16. The highest BCUT2D eigenvalue weighted by Crippen LogP contribution is 2.12. The molecule has 0 saturated carbocycles. The van der Waals surface area contributed by atoms with E-state index >= 15 is 0 Å². The van der Waals surface area contributed by atoms with Crippen LogP contribution in [-0.4, -0.2) is 6.21 Å². The van der Waals surface area contributed by atoms with Crippen LogP contribution < -0.4 is 0 Å². The maximum atomic E-state index is 4.16. The lowest BCUT2D eigenvalue weighted by molar-refractivity contribution is 1.00. The fourth-order valence-electron chi connectivity index (χ4n) is 1.16. The fourth-order valence-corrected chi connectivity index (χ4v) is 1.16. The molecule has 10 heavy (non-hydrogen) atoms. The predicted octanol–water partition coefficient (Wildman–Crippen LogP) is 1.61. The van der Waals surface area contributed by atoms with Gasteiger partial charge in [0.15, 0.2) is 0 Å². The molecule has 1 aliphatic heterocycles.